The lowest BCUT2D eigenvalue weighted by Crippen LogP contribution is -2.48. The van der Waals surface area contributed by atoms with Crippen molar-refractivity contribution in [3.05, 3.63) is 12.2 Å². The smallest absolute Gasteiger partial charge is 0.321 e. The van der Waals surface area contributed by atoms with Gasteiger partial charge in [0.05, 0.1) is 13.1 Å². The number of carbonyl (C=O) groups is 4. The first kappa shape index (κ1) is 18.6. The van der Waals surface area contributed by atoms with E-state index in [0.717, 1.165) is 4.90 Å². The first-order valence-corrected chi connectivity index (χ1v) is 5.99. The molecule has 0 saturated carbocycles. The van der Waals surface area contributed by atoms with Gasteiger partial charge in [0.2, 0.25) is 5.91 Å². The summed E-state index contributed by atoms with van der Waals surface area (Å²) in [6, 6.07) is -1.33. The lowest BCUT2D eigenvalue weighted by atomic mass is 10.1. The maximum atomic E-state index is 11.3. The third-order valence-electron chi connectivity index (χ3n) is 2.49. The maximum absolute atomic E-state index is 11.3. The van der Waals surface area contributed by atoms with Crippen molar-refractivity contribution in [1.29, 1.82) is 0 Å². The van der Waals surface area contributed by atoms with Crippen LogP contribution in [0.4, 0.5) is 0 Å². The highest BCUT2D eigenvalue weighted by Crippen LogP contribution is 2.05. The van der Waals surface area contributed by atoms with Gasteiger partial charge in [-0.3, -0.25) is 24.1 Å². The fourth-order valence-electron chi connectivity index (χ4n) is 1.56. The van der Waals surface area contributed by atoms with Crippen molar-refractivity contribution in [2.75, 3.05) is 19.6 Å². The number of carboxylic acid groups (broad SMARTS) is 3. The average Bonchev–Trinajstić information content (AvgIpc) is 2.31. The number of rotatable bonds is 10. The zero-order valence-corrected chi connectivity index (χ0v) is 11.5. The maximum Gasteiger partial charge on any atom is 0.321 e. The van der Waals surface area contributed by atoms with E-state index in [9.17, 15) is 19.2 Å². The lowest BCUT2D eigenvalue weighted by molar-refractivity contribution is -0.149. The monoisotopic (exact) mass is 302 g/mol. The molecule has 0 aliphatic heterocycles. The van der Waals surface area contributed by atoms with Gasteiger partial charge in [0, 0.05) is 12.1 Å². The van der Waals surface area contributed by atoms with Crippen molar-refractivity contribution in [3.63, 3.8) is 0 Å². The molecule has 0 spiro atoms. The summed E-state index contributed by atoms with van der Waals surface area (Å²) in [7, 11) is 0. The highest BCUT2D eigenvalue weighted by molar-refractivity contribution is 5.92. The summed E-state index contributed by atoms with van der Waals surface area (Å²) in [4.78, 5) is 44.6. The molecule has 1 atom stereocenters. The van der Waals surface area contributed by atoms with E-state index in [2.05, 4.69) is 11.9 Å². The van der Waals surface area contributed by atoms with Crippen LogP contribution in [0.15, 0.2) is 12.2 Å². The number of aliphatic carboxylic acids is 3. The van der Waals surface area contributed by atoms with Crippen LogP contribution in [0.1, 0.15) is 13.3 Å². The Morgan fingerprint density at radius 1 is 1.10 bits per heavy atom. The summed E-state index contributed by atoms with van der Waals surface area (Å²) in [5.74, 6) is -4.49. The topological polar surface area (TPSA) is 144 Å². The van der Waals surface area contributed by atoms with E-state index in [1.807, 2.05) is 0 Å². The molecule has 1 amide bonds. The van der Waals surface area contributed by atoms with Crippen molar-refractivity contribution in [3.8, 4) is 0 Å². The fourth-order valence-corrected chi connectivity index (χ4v) is 1.56. The molecule has 0 aliphatic carbocycles. The van der Waals surface area contributed by atoms with Crippen molar-refractivity contribution >= 4 is 23.8 Å². The molecule has 0 radical (unpaired) electrons. The standard InChI is InChI=1S/C12H18N2O7/c1-7(2)11(19)13-4-3-8(12(20)21)14(5-9(15)16)6-10(17)18/h8H,1,3-6H2,2H3,(H,13,19)(H,15,16)(H,17,18)(H,20,21). The minimum atomic E-state index is -1.36. The van der Waals surface area contributed by atoms with E-state index in [1.165, 1.54) is 6.92 Å². The predicted octanol–water partition coefficient (Wildman–Crippen LogP) is -1.01. The average molecular weight is 302 g/mol. The third kappa shape index (κ3) is 7.67. The molecule has 0 aromatic heterocycles. The van der Waals surface area contributed by atoms with Gasteiger partial charge in [-0.2, -0.15) is 0 Å². The predicted molar refractivity (Wildman–Crippen MR) is 70.7 cm³/mol. The van der Waals surface area contributed by atoms with E-state index in [4.69, 9.17) is 15.3 Å². The Morgan fingerprint density at radius 2 is 1.57 bits per heavy atom. The number of hydrogen-bond donors (Lipinski definition) is 4. The Kier molecular flexibility index (Phi) is 7.69. The van der Waals surface area contributed by atoms with E-state index in [1.54, 1.807) is 0 Å². The van der Waals surface area contributed by atoms with Gasteiger partial charge in [-0.05, 0) is 13.3 Å². The molecule has 1 unspecified atom stereocenters. The number of amides is 1. The van der Waals surface area contributed by atoms with Crippen LogP contribution in [-0.4, -0.2) is 69.7 Å². The lowest BCUT2D eigenvalue weighted by Gasteiger charge is -2.25. The first-order chi connectivity index (χ1) is 9.65. The molecule has 0 aliphatic rings. The third-order valence-corrected chi connectivity index (χ3v) is 2.49. The SMILES string of the molecule is C=C(C)C(=O)NCCC(C(=O)O)N(CC(=O)O)CC(=O)O. The number of nitrogens with zero attached hydrogens (tertiary/aromatic N) is 1. The van der Waals surface area contributed by atoms with Crippen molar-refractivity contribution in [2.45, 2.75) is 19.4 Å². The molecule has 4 N–H and O–H groups in total. The van der Waals surface area contributed by atoms with Crippen LogP contribution < -0.4 is 5.32 Å². The summed E-state index contributed by atoms with van der Waals surface area (Å²) >= 11 is 0. The quantitative estimate of drug-likeness (QED) is 0.376. The summed E-state index contributed by atoms with van der Waals surface area (Å²) in [5.41, 5.74) is 0.245. The molecule has 0 saturated heterocycles. The number of nitrogens with one attached hydrogen (secondary N) is 1. The zero-order chi connectivity index (χ0) is 16.6. The fraction of sp³-hybridized carbons (Fsp3) is 0.500. The molecule has 0 aromatic carbocycles. The number of carboxylic acids is 3. The zero-order valence-electron chi connectivity index (χ0n) is 11.5. The first-order valence-electron chi connectivity index (χ1n) is 5.99. The van der Waals surface area contributed by atoms with E-state index >= 15 is 0 Å². The molecule has 0 bridgehead atoms. The molecular formula is C12H18N2O7. The molecule has 21 heavy (non-hydrogen) atoms. The Hall–Kier alpha value is -2.42. The van der Waals surface area contributed by atoms with Crippen molar-refractivity contribution in [2.24, 2.45) is 0 Å². The largest absolute Gasteiger partial charge is 0.480 e. The summed E-state index contributed by atoms with van der Waals surface area (Å²) in [6.07, 6.45) is -0.130. The molecule has 9 heteroatoms. The molecule has 0 rings (SSSR count). The highest BCUT2D eigenvalue weighted by atomic mass is 16.4. The second-order valence-electron chi connectivity index (χ2n) is 4.37. The number of hydrogen-bond acceptors (Lipinski definition) is 5. The van der Waals surface area contributed by atoms with E-state index in [-0.39, 0.29) is 18.5 Å². The van der Waals surface area contributed by atoms with Crippen LogP contribution in [0, 0.1) is 0 Å². The van der Waals surface area contributed by atoms with Gasteiger partial charge in [0.15, 0.2) is 0 Å². The van der Waals surface area contributed by atoms with Gasteiger partial charge in [-0.25, -0.2) is 0 Å². The Labute approximate surface area is 120 Å². The van der Waals surface area contributed by atoms with Gasteiger partial charge in [0.1, 0.15) is 6.04 Å². The summed E-state index contributed by atoms with van der Waals surface area (Å²) < 4.78 is 0. The van der Waals surface area contributed by atoms with Crippen LogP contribution in [0.3, 0.4) is 0 Å². The second-order valence-corrected chi connectivity index (χ2v) is 4.37. The van der Waals surface area contributed by atoms with Gasteiger partial charge in [-0.15, -0.1) is 0 Å². The van der Waals surface area contributed by atoms with Gasteiger partial charge in [-0.1, -0.05) is 6.58 Å². The highest BCUT2D eigenvalue weighted by Gasteiger charge is 2.28. The second kappa shape index (κ2) is 8.69. The molecular weight excluding hydrogens is 284 g/mol. The van der Waals surface area contributed by atoms with Crippen LogP contribution >= 0.6 is 0 Å². The van der Waals surface area contributed by atoms with Crippen LogP contribution in [0.5, 0.6) is 0 Å². The van der Waals surface area contributed by atoms with Gasteiger partial charge in [0.25, 0.3) is 0 Å². The Bertz CT molecular complexity index is 431. The van der Waals surface area contributed by atoms with Crippen LogP contribution in [0.2, 0.25) is 0 Å². The molecule has 0 heterocycles. The summed E-state index contributed by atoms with van der Waals surface area (Å²) in [6.45, 7) is 3.39. The number of carbonyl (C=O) groups excluding carboxylic acids is 1. The molecule has 118 valence electrons. The Morgan fingerprint density at radius 3 is 1.90 bits per heavy atom. The molecule has 0 aromatic rings. The van der Waals surface area contributed by atoms with Gasteiger partial charge >= 0.3 is 17.9 Å². The minimum Gasteiger partial charge on any atom is -0.480 e. The van der Waals surface area contributed by atoms with Crippen LogP contribution in [-0.2, 0) is 19.2 Å². The summed E-state index contributed by atoms with van der Waals surface area (Å²) in [5, 5.41) is 28.9. The minimum absolute atomic E-state index is 0.0433. The van der Waals surface area contributed by atoms with Gasteiger partial charge < -0.3 is 20.6 Å². The molecule has 0 fully saturated rings. The van der Waals surface area contributed by atoms with Crippen molar-refractivity contribution in [1.82, 2.24) is 10.2 Å². The molecule has 9 nitrogen and oxygen atoms in total. The van der Waals surface area contributed by atoms with E-state index < -0.39 is 42.9 Å². The van der Waals surface area contributed by atoms with Crippen molar-refractivity contribution < 1.29 is 34.5 Å². The van der Waals surface area contributed by atoms with Crippen LogP contribution in [0.25, 0.3) is 0 Å². The normalized spacial score (nSPS) is 11.7. The Balaban J connectivity index is 4.77. The van der Waals surface area contributed by atoms with E-state index in [0.29, 0.717) is 0 Å².